The molecule has 0 saturated heterocycles. The average molecular weight is 468 g/mol. The van der Waals surface area contributed by atoms with Gasteiger partial charge in [0.1, 0.15) is 0 Å². The Balaban J connectivity index is 1.87. The Morgan fingerprint density at radius 2 is 1.78 bits per heavy atom. The number of halogens is 1. The van der Waals surface area contributed by atoms with Crippen molar-refractivity contribution in [2.24, 2.45) is 0 Å². The molecule has 1 aromatic heterocycles. The Morgan fingerprint density at radius 1 is 1.06 bits per heavy atom. The van der Waals surface area contributed by atoms with Gasteiger partial charge in [-0.05, 0) is 47.0 Å². The highest BCUT2D eigenvalue weighted by Gasteiger charge is 2.24. The fourth-order valence-corrected chi connectivity index (χ4v) is 4.94. The van der Waals surface area contributed by atoms with E-state index < -0.39 is 10.0 Å². The molecule has 6 nitrogen and oxygen atoms in total. The van der Waals surface area contributed by atoms with Crippen LogP contribution in [-0.4, -0.2) is 37.7 Å². The van der Waals surface area contributed by atoms with E-state index in [-0.39, 0.29) is 10.8 Å². The minimum Gasteiger partial charge on any atom is -0.308 e. The number of rotatable bonds is 3. The van der Waals surface area contributed by atoms with Gasteiger partial charge >= 0.3 is 0 Å². The lowest BCUT2D eigenvalue weighted by molar-refractivity contribution is -0.116. The maximum atomic E-state index is 12.8. The zero-order valence-corrected chi connectivity index (χ0v) is 19.5. The number of fused-ring (bicyclic) bond motifs is 2. The van der Waals surface area contributed by atoms with Gasteiger partial charge in [-0.25, -0.2) is 12.7 Å². The van der Waals surface area contributed by atoms with Gasteiger partial charge in [0.15, 0.2) is 0 Å². The normalized spacial score (nSPS) is 14.3. The third-order valence-electron chi connectivity index (χ3n) is 5.38. The van der Waals surface area contributed by atoms with Crippen molar-refractivity contribution in [2.45, 2.75) is 18.4 Å². The minimum absolute atomic E-state index is 0.108. The number of aromatic nitrogens is 1. The van der Waals surface area contributed by atoms with Crippen LogP contribution in [0, 0.1) is 0 Å². The quantitative estimate of drug-likeness (QED) is 0.560. The van der Waals surface area contributed by atoms with Crippen molar-refractivity contribution >= 4 is 45.4 Å². The molecule has 0 bridgehead atoms. The second-order valence-corrected chi connectivity index (χ2v) is 10.3. The van der Waals surface area contributed by atoms with E-state index in [1.54, 1.807) is 41.4 Å². The average Bonchev–Trinajstić information content (AvgIpc) is 2.75. The topological polar surface area (TPSA) is 70.6 Å². The van der Waals surface area contributed by atoms with Gasteiger partial charge in [-0.2, -0.15) is 0 Å². The summed E-state index contributed by atoms with van der Waals surface area (Å²) in [5.41, 5.74) is 4.34. The lowest BCUT2D eigenvalue weighted by Crippen LogP contribution is -2.29. The van der Waals surface area contributed by atoms with Gasteiger partial charge in [-0.1, -0.05) is 42.0 Å². The molecule has 1 aliphatic heterocycles. The van der Waals surface area contributed by atoms with E-state index in [1.807, 2.05) is 30.4 Å². The number of amides is 1. The molecule has 2 aromatic carbocycles. The largest absolute Gasteiger partial charge is 0.308 e. The number of carbonyl (C=O) groups excluding carboxylic acids is 1. The Morgan fingerprint density at radius 3 is 2.50 bits per heavy atom. The molecule has 0 atom stereocenters. The van der Waals surface area contributed by atoms with E-state index in [2.05, 4.69) is 4.98 Å². The molecule has 0 fully saturated rings. The zero-order valence-electron chi connectivity index (χ0n) is 17.9. The smallest absolute Gasteiger partial charge is 0.243 e. The highest BCUT2D eigenvalue weighted by molar-refractivity contribution is 7.89. The van der Waals surface area contributed by atoms with E-state index in [1.165, 1.54) is 25.3 Å². The lowest BCUT2D eigenvalue weighted by Gasteiger charge is -2.26. The van der Waals surface area contributed by atoms with Crippen molar-refractivity contribution in [2.75, 3.05) is 19.0 Å². The van der Waals surface area contributed by atoms with Crippen LogP contribution in [0.4, 0.5) is 5.69 Å². The SMILES string of the molecule is CC(=O)N1Cc2cc(-c3ccccc3S(=O)(=O)N(C)C)ncc2/C=C\c2cc(Cl)ccc21. The van der Waals surface area contributed by atoms with Crippen LogP contribution in [0.25, 0.3) is 23.4 Å². The van der Waals surface area contributed by atoms with Crippen molar-refractivity contribution in [1.82, 2.24) is 9.29 Å². The van der Waals surface area contributed by atoms with Gasteiger partial charge in [0.05, 0.1) is 22.8 Å². The molecule has 3 aromatic rings. The molecule has 1 amide bonds. The summed E-state index contributed by atoms with van der Waals surface area (Å²) in [6.07, 6.45) is 5.54. The lowest BCUT2D eigenvalue weighted by atomic mass is 10.0. The Hall–Kier alpha value is -3.00. The van der Waals surface area contributed by atoms with Crippen molar-refractivity contribution in [3.8, 4) is 11.3 Å². The van der Waals surface area contributed by atoms with Crippen molar-refractivity contribution < 1.29 is 13.2 Å². The number of carbonyl (C=O) groups is 1. The second kappa shape index (κ2) is 8.50. The van der Waals surface area contributed by atoms with Crippen molar-refractivity contribution in [3.63, 3.8) is 0 Å². The molecule has 4 rings (SSSR count). The molecular formula is C24H22ClN3O3S. The number of sulfonamides is 1. The molecule has 0 aliphatic carbocycles. The second-order valence-electron chi connectivity index (χ2n) is 7.69. The Bertz CT molecular complexity index is 1350. The van der Waals surface area contributed by atoms with Crippen LogP contribution in [0.15, 0.2) is 59.6 Å². The van der Waals surface area contributed by atoms with Crippen LogP contribution < -0.4 is 4.90 Å². The van der Waals surface area contributed by atoms with Crippen LogP contribution >= 0.6 is 11.6 Å². The molecule has 0 radical (unpaired) electrons. The maximum Gasteiger partial charge on any atom is 0.243 e. The first-order valence-corrected chi connectivity index (χ1v) is 11.8. The van der Waals surface area contributed by atoms with Gasteiger partial charge in [0, 0.05) is 37.8 Å². The van der Waals surface area contributed by atoms with E-state index >= 15 is 0 Å². The van der Waals surface area contributed by atoms with E-state index in [4.69, 9.17) is 11.6 Å². The molecule has 8 heteroatoms. The standard InChI is InChI=1S/C24H22ClN3O3S/c1-16(29)28-15-19-13-22(21-6-4-5-7-24(21)32(30,31)27(2)3)26-14-18(19)9-8-17-12-20(25)10-11-23(17)28/h4-14H,15H2,1-3H3/b9-8-. The highest BCUT2D eigenvalue weighted by atomic mass is 35.5. The van der Waals surface area contributed by atoms with Gasteiger partial charge in [0.2, 0.25) is 15.9 Å². The summed E-state index contributed by atoms with van der Waals surface area (Å²) in [5.74, 6) is -0.108. The molecule has 0 saturated carbocycles. The number of pyridine rings is 1. The van der Waals surface area contributed by atoms with Crippen LogP contribution in [0.1, 0.15) is 23.6 Å². The molecule has 0 spiro atoms. The first-order valence-electron chi connectivity index (χ1n) is 9.95. The van der Waals surface area contributed by atoms with Gasteiger partial charge in [-0.3, -0.25) is 9.78 Å². The molecule has 164 valence electrons. The summed E-state index contributed by atoms with van der Waals surface area (Å²) in [4.78, 5) is 18.9. The minimum atomic E-state index is -3.66. The monoisotopic (exact) mass is 467 g/mol. The third-order valence-corrected chi connectivity index (χ3v) is 7.49. The summed E-state index contributed by atoms with van der Waals surface area (Å²) in [5, 5.41) is 0.588. The van der Waals surface area contributed by atoms with Crippen LogP contribution in [-0.2, 0) is 21.4 Å². The molecule has 0 N–H and O–H groups in total. The molecule has 1 aliphatic rings. The molecule has 0 unspecified atom stereocenters. The van der Waals surface area contributed by atoms with Crippen molar-refractivity contribution in [3.05, 3.63) is 76.4 Å². The molecular weight excluding hydrogens is 446 g/mol. The fourth-order valence-electron chi connectivity index (χ4n) is 3.66. The number of hydrogen-bond acceptors (Lipinski definition) is 4. The summed E-state index contributed by atoms with van der Waals surface area (Å²) < 4.78 is 26.9. The summed E-state index contributed by atoms with van der Waals surface area (Å²) >= 11 is 6.16. The summed E-state index contributed by atoms with van der Waals surface area (Å²) in [6.45, 7) is 1.84. The third kappa shape index (κ3) is 4.07. The first-order chi connectivity index (χ1) is 15.2. The number of hydrogen-bond donors (Lipinski definition) is 0. The fraction of sp³-hybridized carbons (Fsp3) is 0.167. The predicted molar refractivity (Wildman–Crippen MR) is 128 cm³/mol. The maximum absolute atomic E-state index is 12.8. The Labute approximate surface area is 192 Å². The van der Waals surface area contributed by atoms with Crippen LogP contribution in [0.5, 0.6) is 0 Å². The Kier molecular flexibility index (Phi) is 5.90. The van der Waals surface area contributed by atoms with Gasteiger partial charge in [0.25, 0.3) is 0 Å². The van der Waals surface area contributed by atoms with E-state index in [0.29, 0.717) is 22.8 Å². The van der Waals surface area contributed by atoms with Crippen LogP contribution in [0.2, 0.25) is 5.02 Å². The number of nitrogens with zero attached hydrogens (tertiary/aromatic N) is 3. The van der Waals surface area contributed by atoms with Crippen molar-refractivity contribution in [1.29, 1.82) is 0 Å². The zero-order chi connectivity index (χ0) is 23.0. The van der Waals surface area contributed by atoms with Gasteiger partial charge < -0.3 is 4.90 Å². The molecule has 32 heavy (non-hydrogen) atoms. The summed E-state index contributed by atoms with van der Waals surface area (Å²) in [6, 6.07) is 14.0. The predicted octanol–water partition coefficient (Wildman–Crippen LogP) is 4.69. The first kappa shape index (κ1) is 22.2. The molecule has 2 heterocycles. The highest BCUT2D eigenvalue weighted by Crippen LogP contribution is 2.33. The summed E-state index contributed by atoms with van der Waals surface area (Å²) in [7, 11) is -0.657. The number of benzene rings is 2. The van der Waals surface area contributed by atoms with Gasteiger partial charge in [-0.15, -0.1) is 0 Å². The van der Waals surface area contributed by atoms with E-state index in [9.17, 15) is 13.2 Å². The number of anilines is 1. The van der Waals surface area contributed by atoms with Crippen LogP contribution in [0.3, 0.4) is 0 Å². The van der Waals surface area contributed by atoms with E-state index in [0.717, 1.165) is 22.4 Å².